The average molecular weight is 447 g/mol. The van der Waals surface area contributed by atoms with Crippen molar-refractivity contribution in [3.63, 3.8) is 0 Å². The predicted molar refractivity (Wildman–Crippen MR) is 121 cm³/mol. The maximum Gasteiger partial charge on any atom is 0.416 e. The van der Waals surface area contributed by atoms with Gasteiger partial charge in [0.1, 0.15) is 5.60 Å². The average Bonchev–Trinajstić information content (AvgIpc) is 3.33. The van der Waals surface area contributed by atoms with Crippen molar-refractivity contribution in [1.29, 1.82) is 5.26 Å². The number of anilines is 1. The second kappa shape index (κ2) is 8.03. The Morgan fingerprint density at radius 3 is 2.88 bits per heavy atom. The minimum absolute atomic E-state index is 0.0880. The molecule has 1 saturated carbocycles. The van der Waals surface area contributed by atoms with Crippen LogP contribution in [0.1, 0.15) is 45.1 Å². The highest BCUT2D eigenvalue weighted by Crippen LogP contribution is 2.47. The molecule has 0 bridgehead atoms. The van der Waals surface area contributed by atoms with Crippen molar-refractivity contribution in [3.8, 4) is 11.9 Å². The Bertz CT molecular complexity index is 1230. The third-order valence-corrected chi connectivity index (χ3v) is 6.62. The van der Waals surface area contributed by atoms with Gasteiger partial charge >= 0.3 is 6.09 Å². The van der Waals surface area contributed by atoms with Crippen LogP contribution in [0.5, 0.6) is 5.88 Å². The van der Waals surface area contributed by atoms with Gasteiger partial charge in [0.2, 0.25) is 5.88 Å². The molecule has 2 aromatic heterocycles. The number of ether oxygens (including phenoxy) is 2. The van der Waals surface area contributed by atoms with E-state index in [2.05, 4.69) is 32.5 Å². The molecule has 0 radical (unpaired) electrons. The summed E-state index contributed by atoms with van der Waals surface area (Å²) in [6, 6.07) is 7.75. The van der Waals surface area contributed by atoms with Gasteiger partial charge in [0, 0.05) is 6.54 Å². The van der Waals surface area contributed by atoms with E-state index in [4.69, 9.17) is 9.47 Å². The van der Waals surface area contributed by atoms with Crippen LogP contribution in [0.4, 0.5) is 10.6 Å². The third kappa shape index (κ3) is 3.97. The molecular formula is C24H26N6O3. The quantitative estimate of drug-likeness (QED) is 0.581. The molecule has 2 fully saturated rings. The molecule has 3 heterocycles. The monoisotopic (exact) mass is 446 g/mol. The highest BCUT2D eigenvalue weighted by atomic mass is 16.6. The lowest BCUT2D eigenvalue weighted by atomic mass is 9.68. The number of nitrogens with zero attached hydrogens (tertiary/aromatic N) is 6. The normalized spacial score (nSPS) is 24.8. The number of carbonyl (C=O) groups is 1. The molecule has 9 heteroatoms. The van der Waals surface area contributed by atoms with E-state index in [1.807, 2.05) is 25.4 Å². The topological polar surface area (TPSA) is 106 Å². The van der Waals surface area contributed by atoms with Crippen molar-refractivity contribution < 1.29 is 14.3 Å². The first-order chi connectivity index (χ1) is 15.9. The molecular weight excluding hydrogens is 420 g/mol. The second-order valence-corrected chi connectivity index (χ2v) is 9.31. The van der Waals surface area contributed by atoms with Crippen LogP contribution in [-0.4, -0.2) is 44.4 Å². The zero-order chi connectivity index (χ0) is 23.1. The van der Waals surface area contributed by atoms with Gasteiger partial charge in [-0.25, -0.2) is 19.7 Å². The maximum absolute atomic E-state index is 12.8. The molecule has 170 valence electrons. The molecule has 0 unspecified atom stereocenters. The van der Waals surface area contributed by atoms with Crippen molar-refractivity contribution in [3.05, 3.63) is 42.5 Å². The van der Waals surface area contributed by atoms with Crippen LogP contribution < -0.4 is 9.64 Å². The van der Waals surface area contributed by atoms with Gasteiger partial charge in [-0.05, 0) is 56.2 Å². The van der Waals surface area contributed by atoms with E-state index < -0.39 is 5.60 Å². The summed E-state index contributed by atoms with van der Waals surface area (Å²) in [4.78, 5) is 27.4. The zero-order valence-electron chi connectivity index (χ0n) is 18.8. The van der Waals surface area contributed by atoms with E-state index in [1.165, 1.54) is 6.20 Å². The molecule has 2 atom stereocenters. The van der Waals surface area contributed by atoms with Crippen LogP contribution in [0.3, 0.4) is 0 Å². The van der Waals surface area contributed by atoms with Gasteiger partial charge in [-0.1, -0.05) is 6.92 Å². The number of fused-ring (bicyclic) bond motifs is 1. The standard InChI is InChI=1S/C24H26N6O3/c1-3-32-21-12-26-20(11-27-21)30-15-24(33-22(30)31)8-4-7-23(2,13-24)14-29-16-28-18-6-5-17(10-25)9-19(18)29/h5-6,9,11-12,16H,3-4,7-8,13-15H2,1-2H3/t23-,24-/m0/s1. The molecule has 5 rings (SSSR count). The van der Waals surface area contributed by atoms with Gasteiger partial charge in [0.25, 0.3) is 0 Å². The number of hydrogen-bond donors (Lipinski definition) is 0. The zero-order valence-corrected chi connectivity index (χ0v) is 18.8. The maximum atomic E-state index is 12.8. The van der Waals surface area contributed by atoms with Crippen molar-refractivity contribution in [1.82, 2.24) is 19.5 Å². The fourth-order valence-electron chi connectivity index (χ4n) is 5.28. The van der Waals surface area contributed by atoms with Crippen molar-refractivity contribution in [2.45, 2.75) is 51.7 Å². The summed E-state index contributed by atoms with van der Waals surface area (Å²) in [5, 5.41) is 9.27. The smallest absolute Gasteiger partial charge is 0.416 e. The summed E-state index contributed by atoms with van der Waals surface area (Å²) in [5.74, 6) is 0.901. The molecule has 33 heavy (non-hydrogen) atoms. The molecule has 1 amide bonds. The summed E-state index contributed by atoms with van der Waals surface area (Å²) >= 11 is 0. The Kier molecular flexibility index (Phi) is 5.16. The Labute approximate surface area is 192 Å². The number of rotatable bonds is 5. The number of aromatic nitrogens is 4. The molecule has 9 nitrogen and oxygen atoms in total. The van der Waals surface area contributed by atoms with Crippen LogP contribution in [0.15, 0.2) is 36.9 Å². The van der Waals surface area contributed by atoms with E-state index in [9.17, 15) is 10.1 Å². The number of nitriles is 1. The predicted octanol–water partition coefficient (Wildman–Crippen LogP) is 4.07. The van der Waals surface area contributed by atoms with Gasteiger partial charge in [0.15, 0.2) is 5.82 Å². The van der Waals surface area contributed by atoms with Crippen LogP contribution in [0.25, 0.3) is 11.0 Å². The van der Waals surface area contributed by atoms with Gasteiger partial charge in [0.05, 0.1) is 54.5 Å². The molecule has 0 N–H and O–H groups in total. The Morgan fingerprint density at radius 2 is 2.12 bits per heavy atom. The summed E-state index contributed by atoms with van der Waals surface area (Å²) in [5.41, 5.74) is 1.79. The van der Waals surface area contributed by atoms with E-state index in [0.29, 0.717) is 30.4 Å². The second-order valence-electron chi connectivity index (χ2n) is 9.31. The summed E-state index contributed by atoms with van der Waals surface area (Å²) < 4.78 is 13.5. The SMILES string of the molecule is CCOc1cnc(N2C[C@@]3(CCC[C@](C)(Cn4cnc5ccc(C#N)cc54)C3)OC2=O)cn1. The third-order valence-electron chi connectivity index (χ3n) is 6.62. The van der Waals surface area contributed by atoms with Crippen LogP contribution >= 0.6 is 0 Å². The van der Waals surface area contributed by atoms with Crippen LogP contribution in [-0.2, 0) is 11.3 Å². The first-order valence-corrected chi connectivity index (χ1v) is 11.2. The molecule has 1 aliphatic heterocycles. The first kappa shape index (κ1) is 21.2. The number of amides is 1. The summed E-state index contributed by atoms with van der Waals surface area (Å²) in [7, 11) is 0. The minimum Gasteiger partial charge on any atom is -0.477 e. The van der Waals surface area contributed by atoms with Gasteiger partial charge in [-0.2, -0.15) is 5.26 Å². The fourth-order valence-corrected chi connectivity index (χ4v) is 5.28. The van der Waals surface area contributed by atoms with Crippen molar-refractivity contribution in [2.24, 2.45) is 5.41 Å². The van der Waals surface area contributed by atoms with Crippen LogP contribution in [0.2, 0.25) is 0 Å². The molecule has 1 saturated heterocycles. The van der Waals surface area contributed by atoms with Gasteiger partial charge in [-0.15, -0.1) is 0 Å². The van der Waals surface area contributed by atoms with Gasteiger partial charge < -0.3 is 14.0 Å². The minimum atomic E-state index is -0.557. The number of benzene rings is 1. The Morgan fingerprint density at radius 1 is 1.24 bits per heavy atom. The number of hydrogen-bond acceptors (Lipinski definition) is 7. The number of imidazole rings is 1. The Hall–Kier alpha value is -3.67. The van der Waals surface area contributed by atoms with E-state index in [0.717, 1.165) is 43.3 Å². The van der Waals surface area contributed by atoms with E-state index in [-0.39, 0.29) is 11.5 Å². The molecule has 3 aromatic rings. The van der Waals surface area contributed by atoms with Crippen molar-refractivity contribution >= 4 is 22.9 Å². The molecule has 1 spiro atoms. The summed E-state index contributed by atoms with van der Waals surface area (Å²) in [6.07, 6.45) is 8.07. The highest BCUT2D eigenvalue weighted by molar-refractivity contribution is 5.89. The molecule has 2 aliphatic rings. The van der Waals surface area contributed by atoms with E-state index in [1.54, 1.807) is 17.2 Å². The summed E-state index contributed by atoms with van der Waals surface area (Å²) in [6.45, 7) is 5.81. The largest absolute Gasteiger partial charge is 0.477 e. The van der Waals surface area contributed by atoms with Crippen LogP contribution in [0, 0.1) is 16.7 Å². The lowest BCUT2D eigenvalue weighted by molar-refractivity contribution is -0.0264. The van der Waals surface area contributed by atoms with E-state index >= 15 is 0 Å². The number of carbonyl (C=O) groups excluding carboxylic acids is 1. The van der Waals surface area contributed by atoms with Crippen molar-refractivity contribution in [2.75, 3.05) is 18.1 Å². The highest BCUT2D eigenvalue weighted by Gasteiger charge is 2.52. The lowest BCUT2D eigenvalue weighted by Gasteiger charge is -2.43. The Balaban J connectivity index is 1.36. The lowest BCUT2D eigenvalue weighted by Crippen LogP contribution is -2.45. The molecule has 1 aromatic carbocycles. The first-order valence-electron chi connectivity index (χ1n) is 11.2. The fraction of sp³-hybridized carbons (Fsp3) is 0.458. The van der Waals surface area contributed by atoms with Gasteiger partial charge in [-0.3, -0.25) is 4.90 Å². The molecule has 1 aliphatic carbocycles.